The number of carbonyl (C=O) groups excluding carboxylic acids is 1. The Morgan fingerprint density at radius 3 is 2.58 bits per heavy atom. The highest BCUT2D eigenvalue weighted by Crippen LogP contribution is 2.20. The summed E-state index contributed by atoms with van der Waals surface area (Å²) in [7, 11) is 0. The lowest BCUT2D eigenvalue weighted by molar-refractivity contribution is 0.0954. The smallest absolute Gasteiger partial charge is 0.251 e. The van der Waals surface area contributed by atoms with Crippen molar-refractivity contribution in [3.8, 4) is 5.75 Å². The van der Waals surface area contributed by atoms with Crippen LogP contribution in [-0.2, 0) is 6.42 Å². The van der Waals surface area contributed by atoms with E-state index in [9.17, 15) is 9.90 Å². The Morgan fingerprint density at radius 1 is 1.16 bits per heavy atom. The van der Waals surface area contributed by atoms with Gasteiger partial charge in [-0.3, -0.25) is 4.79 Å². The Labute approximate surface area is 111 Å². The van der Waals surface area contributed by atoms with Crippen molar-refractivity contribution in [3.63, 3.8) is 0 Å². The summed E-state index contributed by atoms with van der Waals surface area (Å²) in [6, 6.07) is 14.4. The zero-order chi connectivity index (χ0) is 13.7. The maximum Gasteiger partial charge on any atom is 0.251 e. The Morgan fingerprint density at radius 2 is 1.89 bits per heavy atom. The third kappa shape index (κ3) is 3.48. The van der Waals surface area contributed by atoms with E-state index in [1.807, 2.05) is 30.3 Å². The summed E-state index contributed by atoms with van der Waals surface area (Å²) in [5, 5.41) is 12.3. The summed E-state index contributed by atoms with van der Waals surface area (Å²) in [5.74, 6) is -0.290. The molecule has 2 aromatic carbocycles. The van der Waals surface area contributed by atoms with Gasteiger partial charge in [-0.15, -0.1) is 0 Å². The molecule has 0 saturated heterocycles. The second-order valence-corrected chi connectivity index (χ2v) is 4.27. The van der Waals surface area contributed by atoms with Crippen LogP contribution in [0.1, 0.15) is 15.9 Å². The third-order valence-electron chi connectivity index (χ3n) is 2.83. The van der Waals surface area contributed by atoms with Crippen LogP contribution in [0.3, 0.4) is 0 Å². The van der Waals surface area contributed by atoms with E-state index in [0.29, 0.717) is 12.1 Å². The number of benzene rings is 2. The molecule has 2 aromatic rings. The van der Waals surface area contributed by atoms with Gasteiger partial charge in [-0.2, -0.15) is 0 Å². The molecule has 0 radical (unpaired) electrons. The van der Waals surface area contributed by atoms with Crippen LogP contribution < -0.4 is 11.1 Å². The number of nitrogens with one attached hydrogen (secondary N) is 1. The summed E-state index contributed by atoms with van der Waals surface area (Å²) in [6.07, 6.45) is 0.771. The van der Waals surface area contributed by atoms with E-state index in [1.165, 1.54) is 17.7 Å². The van der Waals surface area contributed by atoms with Crippen LogP contribution in [-0.4, -0.2) is 17.6 Å². The average Bonchev–Trinajstić information content (AvgIpc) is 2.43. The van der Waals surface area contributed by atoms with E-state index in [2.05, 4.69) is 5.32 Å². The lowest BCUT2D eigenvalue weighted by Gasteiger charge is -2.06. The van der Waals surface area contributed by atoms with Crippen LogP contribution in [0.25, 0.3) is 0 Å². The minimum absolute atomic E-state index is 0.0734. The Balaban J connectivity index is 1.89. The summed E-state index contributed by atoms with van der Waals surface area (Å²) >= 11 is 0. The van der Waals surface area contributed by atoms with E-state index in [4.69, 9.17) is 5.73 Å². The second-order valence-electron chi connectivity index (χ2n) is 4.27. The molecule has 1 amide bonds. The number of nitrogen functional groups attached to an aromatic ring is 1. The Kier molecular flexibility index (Phi) is 4.03. The molecule has 0 bridgehead atoms. The predicted molar refractivity (Wildman–Crippen MR) is 75.0 cm³/mol. The number of amides is 1. The average molecular weight is 256 g/mol. The molecule has 0 fully saturated rings. The maximum atomic E-state index is 11.8. The molecule has 0 aliphatic rings. The zero-order valence-electron chi connectivity index (χ0n) is 10.5. The van der Waals surface area contributed by atoms with Crippen LogP contribution in [0.15, 0.2) is 48.5 Å². The fourth-order valence-corrected chi connectivity index (χ4v) is 1.75. The van der Waals surface area contributed by atoms with Crippen molar-refractivity contribution in [1.29, 1.82) is 0 Å². The Hall–Kier alpha value is -2.49. The molecule has 0 unspecified atom stereocenters. The molecule has 0 aliphatic carbocycles. The van der Waals surface area contributed by atoms with E-state index in [0.717, 1.165) is 6.42 Å². The standard InChI is InChI=1S/C15H16N2O2/c16-13-7-6-12(10-14(13)18)15(19)17-9-8-11-4-2-1-3-5-11/h1-7,10,18H,8-9,16H2,(H,17,19). The number of carbonyl (C=O) groups is 1. The van der Waals surface area contributed by atoms with Crippen LogP contribution in [0.5, 0.6) is 5.75 Å². The van der Waals surface area contributed by atoms with Crippen LogP contribution in [0, 0.1) is 0 Å². The number of aromatic hydroxyl groups is 1. The van der Waals surface area contributed by atoms with Gasteiger partial charge in [0.25, 0.3) is 5.91 Å². The summed E-state index contributed by atoms with van der Waals surface area (Å²) in [5.41, 5.74) is 7.32. The fraction of sp³-hybridized carbons (Fsp3) is 0.133. The third-order valence-corrected chi connectivity index (χ3v) is 2.83. The molecular formula is C15H16N2O2. The molecule has 98 valence electrons. The quantitative estimate of drug-likeness (QED) is 0.578. The molecule has 0 aliphatic heterocycles. The molecule has 2 rings (SSSR count). The van der Waals surface area contributed by atoms with Gasteiger partial charge in [-0.25, -0.2) is 0 Å². The maximum absolute atomic E-state index is 11.8. The monoisotopic (exact) mass is 256 g/mol. The van der Waals surface area contributed by atoms with E-state index >= 15 is 0 Å². The van der Waals surface area contributed by atoms with Gasteiger partial charge in [0.1, 0.15) is 5.75 Å². The first-order chi connectivity index (χ1) is 9.16. The van der Waals surface area contributed by atoms with Gasteiger partial charge in [-0.1, -0.05) is 30.3 Å². The largest absolute Gasteiger partial charge is 0.506 e. The summed E-state index contributed by atoms with van der Waals surface area (Å²) in [6.45, 7) is 0.550. The second kappa shape index (κ2) is 5.91. The van der Waals surface area contributed by atoms with Crippen LogP contribution in [0.4, 0.5) is 5.69 Å². The number of phenols is 1. The number of hydrogen-bond acceptors (Lipinski definition) is 3. The molecule has 4 heteroatoms. The Bertz CT molecular complexity index is 568. The highest BCUT2D eigenvalue weighted by atomic mass is 16.3. The number of hydrogen-bond donors (Lipinski definition) is 3. The number of anilines is 1. The molecule has 4 nitrogen and oxygen atoms in total. The molecule has 4 N–H and O–H groups in total. The van der Waals surface area contributed by atoms with Crippen molar-refractivity contribution < 1.29 is 9.90 Å². The number of phenolic OH excluding ortho intramolecular Hbond substituents is 1. The van der Waals surface area contributed by atoms with Crippen molar-refractivity contribution in [2.24, 2.45) is 0 Å². The topological polar surface area (TPSA) is 75.4 Å². The fourth-order valence-electron chi connectivity index (χ4n) is 1.75. The minimum atomic E-state index is -0.216. The lowest BCUT2D eigenvalue weighted by Crippen LogP contribution is -2.25. The molecule has 0 heterocycles. The van der Waals surface area contributed by atoms with E-state index in [-0.39, 0.29) is 17.3 Å². The molecule has 19 heavy (non-hydrogen) atoms. The lowest BCUT2D eigenvalue weighted by atomic mass is 10.1. The zero-order valence-corrected chi connectivity index (χ0v) is 10.5. The van der Waals surface area contributed by atoms with Gasteiger partial charge in [0.2, 0.25) is 0 Å². The predicted octanol–water partition coefficient (Wildman–Crippen LogP) is 1.95. The summed E-state index contributed by atoms with van der Waals surface area (Å²) in [4.78, 5) is 11.8. The van der Waals surface area contributed by atoms with E-state index in [1.54, 1.807) is 6.07 Å². The number of rotatable bonds is 4. The molecule has 0 saturated carbocycles. The first-order valence-corrected chi connectivity index (χ1v) is 6.07. The number of nitrogens with two attached hydrogens (primary N) is 1. The minimum Gasteiger partial charge on any atom is -0.506 e. The van der Waals surface area contributed by atoms with Gasteiger partial charge in [0.05, 0.1) is 5.69 Å². The van der Waals surface area contributed by atoms with Crippen molar-refractivity contribution in [2.75, 3.05) is 12.3 Å². The highest BCUT2D eigenvalue weighted by Gasteiger charge is 2.07. The van der Waals surface area contributed by atoms with Gasteiger partial charge in [-0.05, 0) is 30.2 Å². The van der Waals surface area contributed by atoms with Crippen molar-refractivity contribution in [3.05, 3.63) is 59.7 Å². The molecule has 0 atom stereocenters. The highest BCUT2D eigenvalue weighted by molar-refractivity contribution is 5.95. The van der Waals surface area contributed by atoms with Crippen LogP contribution >= 0.6 is 0 Å². The van der Waals surface area contributed by atoms with Gasteiger partial charge in [0.15, 0.2) is 0 Å². The van der Waals surface area contributed by atoms with Gasteiger partial charge < -0.3 is 16.2 Å². The van der Waals surface area contributed by atoms with E-state index < -0.39 is 0 Å². The SMILES string of the molecule is Nc1ccc(C(=O)NCCc2ccccc2)cc1O. The first-order valence-electron chi connectivity index (χ1n) is 6.07. The van der Waals surface area contributed by atoms with Crippen molar-refractivity contribution >= 4 is 11.6 Å². The van der Waals surface area contributed by atoms with Crippen molar-refractivity contribution in [1.82, 2.24) is 5.32 Å². The molecule has 0 spiro atoms. The van der Waals surface area contributed by atoms with Gasteiger partial charge in [0, 0.05) is 12.1 Å². The molecular weight excluding hydrogens is 240 g/mol. The van der Waals surface area contributed by atoms with Gasteiger partial charge >= 0.3 is 0 Å². The first kappa shape index (κ1) is 13.0. The summed E-state index contributed by atoms with van der Waals surface area (Å²) < 4.78 is 0. The van der Waals surface area contributed by atoms with Crippen LogP contribution in [0.2, 0.25) is 0 Å². The normalized spacial score (nSPS) is 10.1. The molecule has 0 aromatic heterocycles. The van der Waals surface area contributed by atoms with Crippen molar-refractivity contribution in [2.45, 2.75) is 6.42 Å².